The molecule has 1 atom stereocenters. The minimum Gasteiger partial charge on any atom is -0.308 e. The standard InChI is InChI=1S/C12H14F3NO/c1-3-16-8(2)11(17)9-5-4-6-10(7-9)12(13,14)15/h4-8,16H,3H2,1-2H3. The summed E-state index contributed by atoms with van der Waals surface area (Å²) in [5, 5.41) is 2.87. The van der Waals surface area contributed by atoms with Crippen LogP contribution in [0.4, 0.5) is 13.2 Å². The molecule has 1 unspecified atom stereocenters. The van der Waals surface area contributed by atoms with E-state index in [0.29, 0.717) is 6.54 Å². The number of ketones is 1. The molecule has 5 heteroatoms. The quantitative estimate of drug-likeness (QED) is 0.826. The van der Waals surface area contributed by atoms with Crippen LogP contribution in [0.2, 0.25) is 0 Å². The average Bonchev–Trinajstić information content (AvgIpc) is 2.27. The number of rotatable bonds is 4. The van der Waals surface area contributed by atoms with E-state index < -0.39 is 17.8 Å². The lowest BCUT2D eigenvalue weighted by Gasteiger charge is -2.12. The third-order valence-corrected chi connectivity index (χ3v) is 2.38. The van der Waals surface area contributed by atoms with Crippen molar-refractivity contribution in [2.75, 3.05) is 6.54 Å². The van der Waals surface area contributed by atoms with Gasteiger partial charge < -0.3 is 5.32 Å². The molecule has 1 N–H and O–H groups in total. The second kappa shape index (κ2) is 5.31. The lowest BCUT2D eigenvalue weighted by atomic mass is 10.0. The number of likely N-dealkylation sites (N-methyl/N-ethyl adjacent to an activating group) is 1. The van der Waals surface area contributed by atoms with Crippen molar-refractivity contribution in [1.82, 2.24) is 5.32 Å². The van der Waals surface area contributed by atoms with Crippen LogP contribution in [-0.2, 0) is 6.18 Å². The number of carbonyl (C=O) groups excluding carboxylic acids is 1. The molecule has 0 saturated carbocycles. The van der Waals surface area contributed by atoms with Crippen molar-refractivity contribution in [2.24, 2.45) is 0 Å². The smallest absolute Gasteiger partial charge is 0.308 e. The minimum absolute atomic E-state index is 0.0771. The lowest BCUT2D eigenvalue weighted by molar-refractivity contribution is -0.137. The second-order valence-electron chi connectivity index (χ2n) is 3.72. The van der Waals surface area contributed by atoms with E-state index in [1.165, 1.54) is 12.1 Å². The number of hydrogen-bond donors (Lipinski definition) is 1. The van der Waals surface area contributed by atoms with Crippen LogP contribution in [0.25, 0.3) is 0 Å². The van der Waals surface area contributed by atoms with E-state index in [1.54, 1.807) is 6.92 Å². The van der Waals surface area contributed by atoms with Gasteiger partial charge in [-0.05, 0) is 25.6 Å². The molecule has 0 heterocycles. The Kier molecular flexibility index (Phi) is 4.28. The van der Waals surface area contributed by atoms with E-state index in [2.05, 4.69) is 5.32 Å². The monoisotopic (exact) mass is 245 g/mol. The summed E-state index contributed by atoms with van der Waals surface area (Å²) in [6, 6.07) is 3.99. The van der Waals surface area contributed by atoms with Gasteiger partial charge in [-0.3, -0.25) is 4.79 Å². The zero-order valence-corrected chi connectivity index (χ0v) is 9.64. The van der Waals surface area contributed by atoms with Gasteiger partial charge in [0.05, 0.1) is 11.6 Å². The van der Waals surface area contributed by atoms with Crippen LogP contribution < -0.4 is 5.32 Å². The molecule has 1 aromatic rings. The van der Waals surface area contributed by atoms with E-state index >= 15 is 0 Å². The second-order valence-corrected chi connectivity index (χ2v) is 3.72. The van der Waals surface area contributed by atoms with Gasteiger partial charge in [0.15, 0.2) is 5.78 Å². The molecule has 0 bridgehead atoms. The first kappa shape index (κ1) is 13.7. The normalized spacial score (nSPS) is 13.5. The van der Waals surface area contributed by atoms with Crippen LogP contribution in [0.3, 0.4) is 0 Å². The van der Waals surface area contributed by atoms with Crippen LogP contribution in [0.5, 0.6) is 0 Å². The Hall–Kier alpha value is -1.36. The Morgan fingerprint density at radius 2 is 2.06 bits per heavy atom. The molecule has 0 aromatic heterocycles. The first-order valence-corrected chi connectivity index (χ1v) is 5.31. The number of nitrogens with one attached hydrogen (secondary N) is 1. The van der Waals surface area contributed by atoms with Crippen LogP contribution in [0.15, 0.2) is 24.3 Å². The van der Waals surface area contributed by atoms with Gasteiger partial charge in [0.2, 0.25) is 0 Å². The Bertz CT molecular complexity index is 401. The van der Waals surface area contributed by atoms with Gasteiger partial charge in [0.25, 0.3) is 0 Å². The Balaban J connectivity index is 2.96. The average molecular weight is 245 g/mol. The molecule has 1 rings (SSSR count). The summed E-state index contributed by atoms with van der Waals surface area (Å²) in [4.78, 5) is 11.8. The number of carbonyl (C=O) groups is 1. The topological polar surface area (TPSA) is 29.1 Å². The summed E-state index contributed by atoms with van der Waals surface area (Å²) in [6.45, 7) is 4.05. The van der Waals surface area contributed by atoms with Crippen LogP contribution in [0.1, 0.15) is 29.8 Å². The number of Topliss-reactive ketones (excluding diaryl/α,β-unsaturated/α-hetero) is 1. The first-order valence-electron chi connectivity index (χ1n) is 5.31. The van der Waals surface area contributed by atoms with Gasteiger partial charge in [-0.25, -0.2) is 0 Å². The summed E-state index contributed by atoms with van der Waals surface area (Å²) in [5.74, 6) is -0.335. The summed E-state index contributed by atoms with van der Waals surface area (Å²) < 4.78 is 37.4. The number of alkyl halides is 3. The lowest BCUT2D eigenvalue weighted by Crippen LogP contribution is -2.33. The maximum atomic E-state index is 12.5. The van der Waals surface area contributed by atoms with E-state index in [-0.39, 0.29) is 11.3 Å². The van der Waals surface area contributed by atoms with Gasteiger partial charge in [0, 0.05) is 5.56 Å². The van der Waals surface area contributed by atoms with Crippen molar-refractivity contribution in [3.63, 3.8) is 0 Å². The third kappa shape index (κ3) is 3.56. The van der Waals surface area contributed by atoms with Crippen LogP contribution >= 0.6 is 0 Å². The molecule has 0 amide bonds. The largest absolute Gasteiger partial charge is 0.416 e. The number of hydrogen-bond acceptors (Lipinski definition) is 2. The zero-order chi connectivity index (χ0) is 13.1. The highest BCUT2D eigenvalue weighted by atomic mass is 19.4. The van der Waals surface area contributed by atoms with E-state index in [1.807, 2.05) is 6.92 Å². The maximum absolute atomic E-state index is 12.5. The summed E-state index contributed by atoms with van der Waals surface area (Å²) in [5.41, 5.74) is -0.722. The highest BCUT2D eigenvalue weighted by Crippen LogP contribution is 2.29. The van der Waals surface area contributed by atoms with Gasteiger partial charge in [-0.15, -0.1) is 0 Å². The molecule has 0 spiro atoms. The van der Waals surface area contributed by atoms with Crippen molar-refractivity contribution >= 4 is 5.78 Å². The predicted molar refractivity (Wildman–Crippen MR) is 58.9 cm³/mol. The summed E-state index contributed by atoms with van der Waals surface area (Å²) in [6.07, 6.45) is -4.42. The van der Waals surface area contributed by atoms with Gasteiger partial charge in [-0.2, -0.15) is 13.2 Å². The van der Waals surface area contributed by atoms with Crippen LogP contribution in [0, 0.1) is 0 Å². The molecule has 17 heavy (non-hydrogen) atoms. The third-order valence-electron chi connectivity index (χ3n) is 2.38. The molecular weight excluding hydrogens is 231 g/mol. The van der Waals surface area contributed by atoms with Gasteiger partial charge in [-0.1, -0.05) is 19.1 Å². The number of benzene rings is 1. The predicted octanol–water partition coefficient (Wildman–Crippen LogP) is 2.89. The van der Waals surface area contributed by atoms with Crippen molar-refractivity contribution in [3.8, 4) is 0 Å². The fourth-order valence-corrected chi connectivity index (χ4v) is 1.50. The molecule has 94 valence electrons. The fraction of sp³-hybridized carbons (Fsp3) is 0.417. The summed E-state index contributed by atoms with van der Waals surface area (Å²) in [7, 11) is 0. The molecule has 0 aliphatic rings. The molecule has 1 aromatic carbocycles. The fourth-order valence-electron chi connectivity index (χ4n) is 1.50. The molecule has 0 fully saturated rings. The highest BCUT2D eigenvalue weighted by Gasteiger charge is 2.31. The van der Waals surface area contributed by atoms with Crippen molar-refractivity contribution in [2.45, 2.75) is 26.1 Å². The highest BCUT2D eigenvalue weighted by molar-refractivity contribution is 6.00. The van der Waals surface area contributed by atoms with E-state index in [4.69, 9.17) is 0 Å². The van der Waals surface area contributed by atoms with Gasteiger partial charge >= 0.3 is 6.18 Å². The minimum atomic E-state index is -4.42. The van der Waals surface area contributed by atoms with Crippen LogP contribution in [-0.4, -0.2) is 18.4 Å². The summed E-state index contributed by atoms with van der Waals surface area (Å²) >= 11 is 0. The Labute approximate surface area is 97.8 Å². The van der Waals surface area contributed by atoms with E-state index in [0.717, 1.165) is 12.1 Å². The molecule has 2 nitrogen and oxygen atoms in total. The van der Waals surface area contributed by atoms with Gasteiger partial charge in [0.1, 0.15) is 0 Å². The molecule has 0 aliphatic heterocycles. The van der Waals surface area contributed by atoms with E-state index in [9.17, 15) is 18.0 Å². The first-order chi connectivity index (χ1) is 7.86. The maximum Gasteiger partial charge on any atom is 0.416 e. The molecular formula is C12H14F3NO. The SMILES string of the molecule is CCNC(C)C(=O)c1cccc(C(F)(F)F)c1. The molecule has 0 aliphatic carbocycles. The van der Waals surface area contributed by atoms with Crippen molar-refractivity contribution in [1.29, 1.82) is 0 Å². The zero-order valence-electron chi connectivity index (χ0n) is 9.64. The Morgan fingerprint density at radius 3 is 2.59 bits per heavy atom. The molecule has 0 saturated heterocycles. The van der Waals surface area contributed by atoms with Crippen molar-refractivity contribution in [3.05, 3.63) is 35.4 Å². The number of halogens is 3. The molecule has 0 radical (unpaired) electrons. The Morgan fingerprint density at radius 1 is 1.41 bits per heavy atom. The van der Waals surface area contributed by atoms with Crippen molar-refractivity contribution < 1.29 is 18.0 Å².